The molecule has 3 amide bonds. The van der Waals surface area contributed by atoms with Gasteiger partial charge in [-0.15, -0.1) is 0 Å². The van der Waals surface area contributed by atoms with Crippen molar-refractivity contribution in [2.24, 2.45) is 0 Å². The highest BCUT2D eigenvalue weighted by Crippen LogP contribution is 2.29. The lowest BCUT2D eigenvalue weighted by molar-refractivity contribution is -0.142. The Balaban J connectivity index is 1.78. The van der Waals surface area contributed by atoms with Crippen LogP contribution in [0.4, 0.5) is 18.9 Å². The zero-order chi connectivity index (χ0) is 31.4. The predicted molar refractivity (Wildman–Crippen MR) is 148 cm³/mol. The van der Waals surface area contributed by atoms with E-state index in [1.54, 1.807) is 25.1 Å². The summed E-state index contributed by atoms with van der Waals surface area (Å²) in [5.41, 5.74) is -0.709. The number of nitrogens with zero attached hydrogens (tertiary/aromatic N) is 2. The number of carbonyl (C=O) groups excluding carboxylic acids is 4. The third kappa shape index (κ3) is 7.66. The number of aromatic nitrogens is 2. The molecule has 3 aromatic rings. The number of anilines is 1. The van der Waals surface area contributed by atoms with Gasteiger partial charge in [0.1, 0.15) is 12.1 Å². The van der Waals surface area contributed by atoms with Crippen LogP contribution in [0, 0.1) is 13.8 Å². The molecule has 0 bridgehead atoms. The van der Waals surface area contributed by atoms with Crippen LogP contribution in [0.15, 0.2) is 42.5 Å². The van der Waals surface area contributed by atoms with Crippen LogP contribution in [-0.4, -0.2) is 52.7 Å². The molecule has 42 heavy (non-hydrogen) atoms. The monoisotopic (exact) mass is 607 g/mol. The van der Waals surface area contributed by atoms with Crippen LogP contribution >= 0.6 is 11.6 Å². The van der Waals surface area contributed by atoms with Crippen molar-refractivity contribution >= 4 is 41.0 Å². The number of carbonyl (C=O) groups is 4. The largest absolute Gasteiger partial charge is 0.468 e. The fourth-order valence-electron chi connectivity index (χ4n) is 3.93. The predicted octanol–water partition coefficient (Wildman–Crippen LogP) is 4.27. The van der Waals surface area contributed by atoms with Gasteiger partial charge in [-0.1, -0.05) is 29.8 Å². The normalized spacial score (nSPS) is 11.5. The second-order valence-corrected chi connectivity index (χ2v) is 10.3. The minimum Gasteiger partial charge on any atom is -0.468 e. The minimum absolute atomic E-state index is 0.0363. The Bertz CT molecular complexity index is 1530. The number of ether oxygens (including phenoxy) is 1. The van der Waals surface area contributed by atoms with Crippen molar-refractivity contribution in [3.05, 3.63) is 81.1 Å². The summed E-state index contributed by atoms with van der Waals surface area (Å²) in [5, 5.41) is 11.2. The fraction of sp³-hybridized carbons (Fsp3) is 0.321. The lowest BCUT2D eigenvalue weighted by atomic mass is 10.0. The summed E-state index contributed by atoms with van der Waals surface area (Å²) in [6, 6.07) is 10.2. The number of hydrogen-bond donors (Lipinski definition) is 3. The summed E-state index contributed by atoms with van der Waals surface area (Å²) in [5.74, 6) is -2.81. The standard InChI is InChI=1S/C28H29ClF3N5O5/c1-15-11-17(14-37-16(2)12-21(36-37)28(30,31)32)9-10-20(15)34-24(39)18-7-6-8-19(29)23(18)25(40)35-27(3,4)26(41)33-13-22(38)42-5/h6-12H,13-14H2,1-5H3,(H,33,41)(H,34,39)(H,35,40). The van der Waals surface area contributed by atoms with E-state index >= 15 is 0 Å². The molecule has 3 N–H and O–H groups in total. The van der Waals surface area contributed by atoms with Gasteiger partial charge >= 0.3 is 12.1 Å². The van der Waals surface area contributed by atoms with Gasteiger partial charge in [0.2, 0.25) is 5.91 Å². The first kappa shape index (κ1) is 32.1. The Labute approximate surface area is 244 Å². The summed E-state index contributed by atoms with van der Waals surface area (Å²) in [6.07, 6.45) is -4.55. The van der Waals surface area contributed by atoms with Crippen LogP contribution in [0.2, 0.25) is 5.02 Å². The van der Waals surface area contributed by atoms with Crippen molar-refractivity contribution in [1.29, 1.82) is 0 Å². The summed E-state index contributed by atoms with van der Waals surface area (Å²) in [6.45, 7) is 5.73. The summed E-state index contributed by atoms with van der Waals surface area (Å²) in [7, 11) is 1.17. The van der Waals surface area contributed by atoms with Crippen LogP contribution in [0.3, 0.4) is 0 Å². The van der Waals surface area contributed by atoms with Gasteiger partial charge in [-0.2, -0.15) is 18.3 Å². The highest BCUT2D eigenvalue weighted by Gasteiger charge is 2.35. The van der Waals surface area contributed by atoms with Gasteiger partial charge in [-0.05, 0) is 63.1 Å². The Kier molecular flexibility index (Phi) is 9.67. The van der Waals surface area contributed by atoms with Gasteiger partial charge < -0.3 is 20.7 Å². The molecule has 2 aromatic carbocycles. The van der Waals surface area contributed by atoms with Crippen molar-refractivity contribution in [3.8, 4) is 0 Å². The van der Waals surface area contributed by atoms with E-state index < -0.39 is 47.6 Å². The molecule has 0 aliphatic heterocycles. The Morgan fingerprint density at radius 3 is 2.31 bits per heavy atom. The van der Waals surface area contributed by atoms with Gasteiger partial charge in [0, 0.05) is 11.4 Å². The number of aryl methyl sites for hydroxylation is 2. The third-order valence-electron chi connectivity index (χ3n) is 6.24. The number of nitrogens with one attached hydrogen (secondary N) is 3. The Morgan fingerprint density at radius 1 is 1.02 bits per heavy atom. The van der Waals surface area contributed by atoms with Gasteiger partial charge in [0.15, 0.2) is 5.69 Å². The van der Waals surface area contributed by atoms with Gasteiger partial charge in [-0.3, -0.25) is 23.9 Å². The number of methoxy groups -OCH3 is 1. The summed E-state index contributed by atoms with van der Waals surface area (Å²) >= 11 is 6.29. The molecule has 224 valence electrons. The van der Waals surface area contributed by atoms with E-state index in [0.29, 0.717) is 22.5 Å². The van der Waals surface area contributed by atoms with Gasteiger partial charge in [-0.25, -0.2) is 0 Å². The summed E-state index contributed by atoms with van der Waals surface area (Å²) < 4.78 is 44.7. The first-order chi connectivity index (χ1) is 19.5. The molecular formula is C28H29ClF3N5O5. The van der Waals surface area contributed by atoms with Gasteiger partial charge in [0.25, 0.3) is 11.8 Å². The van der Waals surface area contributed by atoms with Crippen molar-refractivity contribution in [1.82, 2.24) is 20.4 Å². The van der Waals surface area contributed by atoms with Gasteiger partial charge in [0.05, 0.1) is 29.8 Å². The molecule has 1 aromatic heterocycles. The molecule has 1 heterocycles. The first-order valence-corrected chi connectivity index (χ1v) is 12.9. The van der Waals surface area contributed by atoms with Crippen molar-refractivity contribution < 1.29 is 37.1 Å². The van der Waals surface area contributed by atoms with E-state index in [-0.39, 0.29) is 22.7 Å². The second kappa shape index (κ2) is 12.6. The zero-order valence-electron chi connectivity index (χ0n) is 23.4. The first-order valence-electron chi connectivity index (χ1n) is 12.5. The van der Waals surface area contributed by atoms with E-state index in [1.807, 2.05) is 0 Å². The van der Waals surface area contributed by atoms with E-state index in [4.69, 9.17) is 11.6 Å². The molecule has 0 radical (unpaired) electrons. The molecule has 0 spiro atoms. The molecular weight excluding hydrogens is 579 g/mol. The maximum atomic E-state index is 13.3. The average molecular weight is 608 g/mol. The highest BCUT2D eigenvalue weighted by molar-refractivity contribution is 6.35. The maximum absolute atomic E-state index is 13.3. The number of halogens is 4. The lowest BCUT2D eigenvalue weighted by Gasteiger charge is -2.25. The molecule has 0 unspecified atom stereocenters. The van der Waals surface area contributed by atoms with Crippen LogP contribution in [-0.2, 0) is 27.0 Å². The number of esters is 1. The van der Waals surface area contributed by atoms with E-state index in [9.17, 15) is 32.3 Å². The molecule has 0 saturated heterocycles. The van der Waals surface area contributed by atoms with Crippen LogP contribution in [0.5, 0.6) is 0 Å². The molecule has 0 atom stereocenters. The third-order valence-corrected chi connectivity index (χ3v) is 6.56. The van der Waals surface area contributed by atoms with Crippen LogP contribution < -0.4 is 16.0 Å². The average Bonchev–Trinajstić information content (AvgIpc) is 3.28. The van der Waals surface area contributed by atoms with E-state index in [1.165, 1.54) is 50.8 Å². The molecule has 0 saturated carbocycles. The number of alkyl halides is 3. The van der Waals surface area contributed by atoms with Crippen molar-refractivity contribution in [3.63, 3.8) is 0 Å². The highest BCUT2D eigenvalue weighted by atomic mass is 35.5. The number of rotatable bonds is 9. The summed E-state index contributed by atoms with van der Waals surface area (Å²) in [4.78, 5) is 50.4. The van der Waals surface area contributed by atoms with E-state index in [2.05, 4.69) is 25.8 Å². The number of benzene rings is 2. The van der Waals surface area contributed by atoms with Crippen LogP contribution in [0.25, 0.3) is 0 Å². The lowest BCUT2D eigenvalue weighted by Crippen LogP contribution is -2.55. The second-order valence-electron chi connectivity index (χ2n) is 9.93. The zero-order valence-corrected chi connectivity index (χ0v) is 24.2. The molecule has 0 aliphatic rings. The SMILES string of the molecule is COC(=O)CNC(=O)C(C)(C)NC(=O)c1c(Cl)cccc1C(=O)Nc1ccc(Cn2nc(C(F)(F)F)cc2C)cc1C. The minimum atomic E-state index is -4.55. The molecule has 0 aliphatic carbocycles. The smallest absolute Gasteiger partial charge is 0.435 e. The van der Waals surface area contributed by atoms with E-state index in [0.717, 1.165) is 6.07 Å². The number of hydrogen-bond acceptors (Lipinski definition) is 6. The van der Waals surface area contributed by atoms with Crippen LogP contribution in [0.1, 0.15) is 57.1 Å². The van der Waals surface area contributed by atoms with Crippen molar-refractivity contribution in [2.75, 3.05) is 19.0 Å². The molecule has 3 rings (SSSR count). The molecule has 14 heteroatoms. The molecule has 0 fully saturated rings. The topological polar surface area (TPSA) is 131 Å². The quantitative estimate of drug-likeness (QED) is 0.311. The Morgan fingerprint density at radius 2 is 1.71 bits per heavy atom. The number of amides is 3. The fourth-order valence-corrected chi connectivity index (χ4v) is 4.19. The Hall–Kier alpha value is -4.39. The van der Waals surface area contributed by atoms with Crippen molar-refractivity contribution in [2.45, 2.75) is 46.0 Å². The maximum Gasteiger partial charge on any atom is 0.435 e. The molecule has 10 nitrogen and oxygen atoms in total.